The van der Waals surface area contributed by atoms with Crippen molar-refractivity contribution >= 4 is 16.6 Å². The summed E-state index contributed by atoms with van der Waals surface area (Å²) < 4.78 is 62.6. The van der Waals surface area contributed by atoms with Crippen LogP contribution in [0.2, 0.25) is 0 Å². The maximum Gasteiger partial charge on any atom is 0.419 e. The summed E-state index contributed by atoms with van der Waals surface area (Å²) >= 11 is 0. The van der Waals surface area contributed by atoms with Gasteiger partial charge in [0.1, 0.15) is 0 Å². The number of ether oxygens (including phenoxy) is 1. The second kappa shape index (κ2) is 7.23. The molecule has 1 aliphatic rings. The van der Waals surface area contributed by atoms with Gasteiger partial charge in [-0.15, -0.1) is 0 Å². The molecule has 0 spiro atoms. The van der Waals surface area contributed by atoms with Crippen molar-refractivity contribution in [3.8, 4) is 5.75 Å². The molecule has 0 saturated carbocycles. The van der Waals surface area contributed by atoms with E-state index in [0.29, 0.717) is 10.9 Å². The Kier molecular flexibility index (Phi) is 5.00. The number of aliphatic hydroxyl groups is 1. The van der Waals surface area contributed by atoms with Crippen LogP contribution < -0.4 is 15.6 Å². The number of methoxy groups -OCH3 is 1. The van der Waals surface area contributed by atoms with Gasteiger partial charge in [0.05, 0.1) is 18.7 Å². The van der Waals surface area contributed by atoms with E-state index >= 15 is 0 Å². The molecule has 3 N–H and O–H groups in total. The normalized spacial score (nSPS) is 22.4. The van der Waals surface area contributed by atoms with E-state index < -0.39 is 35.5 Å². The Morgan fingerprint density at radius 1 is 1.16 bits per heavy atom. The topological polar surface area (TPSA) is 74.3 Å². The summed E-state index contributed by atoms with van der Waals surface area (Å²) in [5.74, 6) is -0.843. The number of alkyl halides is 3. The molecule has 170 valence electrons. The Morgan fingerprint density at radius 3 is 2.53 bits per heavy atom. The molecule has 4 rings (SSSR count). The largest absolute Gasteiger partial charge is 0.493 e. The smallest absolute Gasteiger partial charge is 0.419 e. The van der Waals surface area contributed by atoms with Crippen molar-refractivity contribution in [1.82, 2.24) is 4.98 Å². The number of nitrogens with one attached hydrogen (secondary N) is 2. The summed E-state index contributed by atoms with van der Waals surface area (Å²) in [4.78, 5) is 14.3. The van der Waals surface area contributed by atoms with Gasteiger partial charge in [-0.1, -0.05) is 26.0 Å². The molecular formula is C23H22F4N2O3. The summed E-state index contributed by atoms with van der Waals surface area (Å²) in [6.45, 7) is 3.03. The van der Waals surface area contributed by atoms with Gasteiger partial charge in [-0.25, -0.2) is 4.39 Å². The molecule has 2 atom stereocenters. The second-order valence-corrected chi connectivity index (χ2v) is 8.69. The number of H-pyrrole nitrogens is 1. The predicted molar refractivity (Wildman–Crippen MR) is 113 cm³/mol. The molecule has 0 saturated heterocycles. The van der Waals surface area contributed by atoms with Gasteiger partial charge in [0, 0.05) is 22.7 Å². The molecule has 2 unspecified atom stereocenters. The van der Waals surface area contributed by atoms with Crippen LogP contribution in [-0.2, 0) is 5.41 Å². The zero-order valence-electron chi connectivity index (χ0n) is 17.6. The maximum absolute atomic E-state index is 14.5. The van der Waals surface area contributed by atoms with Crippen LogP contribution in [0.4, 0.5) is 23.2 Å². The van der Waals surface area contributed by atoms with E-state index in [1.54, 1.807) is 18.2 Å². The van der Waals surface area contributed by atoms with Crippen molar-refractivity contribution in [2.45, 2.75) is 43.5 Å². The lowest BCUT2D eigenvalue weighted by Crippen LogP contribution is -2.58. The van der Waals surface area contributed by atoms with Gasteiger partial charge < -0.3 is 20.1 Å². The number of fused-ring (bicyclic) bond motifs is 2. The van der Waals surface area contributed by atoms with Crippen LogP contribution in [-0.4, -0.2) is 29.0 Å². The van der Waals surface area contributed by atoms with Crippen molar-refractivity contribution in [1.29, 1.82) is 0 Å². The molecular weight excluding hydrogens is 428 g/mol. The van der Waals surface area contributed by atoms with Crippen LogP contribution in [0.15, 0.2) is 47.3 Å². The number of rotatable bonds is 3. The van der Waals surface area contributed by atoms with Crippen molar-refractivity contribution in [3.05, 3.63) is 69.8 Å². The number of aromatic amines is 1. The Hall–Kier alpha value is -3.07. The zero-order valence-corrected chi connectivity index (χ0v) is 17.6. The summed E-state index contributed by atoms with van der Waals surface area (Å²) in [5.41, 5.74) is -3.70. The van der Waals surface area contributed by atoms with Crippen molar-refractivity contribution in [3.63, 3.8) is 0 Å². The van der Waals surface area contributed by atoms with E-state index in [1.165, 1.54) is 39.2 Å². The first-order chi connectivity index (χ1) is 14.9. The first-order valence-corrected chi connectivity index (χ1v) is 9.93. The Labute approximate surface area is 181 Å². The third-order valence-electron chi connectivity index (χ3n) is 6.08. The highest BCUT2D eigenvalue weighted by Gasteiger charge is 2.64. The van der Waals surface area contributed by atoms with Crippen LogP contribution in [0.1, 0.15) is 37.4 Å². The minimum Gasteiger partial charge on any atom is -0.493 e. The lowest BCUT2D eigenvalue weighted by Gasteiger charge is -2.49. The SMILES string of the molecule is COc1c(F)ccc2c1C(C)(C)CC(O)(C(F)(F)F)C2Nc1cccc2[nH]c(=O)ccc12. The van der Waals surface area contributed by atoms with E-state index in [4.69, 9.17) is 4.74 Å². The molecule has 9 heteroatoms. The van der Waals surface area contributed by atoms with Crippen LogP contribution in [0.5, 0.6) is 5.75 Å². The molecule has 3 aromatic rings. The van der Waals surface area contributed by atoms with E-state index in [0.717, 1.165) is 6.07 Å². The molecule has 0 bridgehead atoms. The number of hydrogen-bond acceptors (Lipinski definition) is 4. The summed E-state index contributed by atoms with van der Waals surface area (Å²) in [6.07, 6.45) is -5.70. The van der Waals surface area contributed by atoms with Crippen LogP contribution in [0, 0.1) is 5.82 Å². The Balaban J connectivity index is 1.98. The Bertz CT molecular complexity index is 1250. The Morgan fingerprint density at radius 2 is 1.88 bits per heavy atom. The van der Waals surface area contributed by atoms with Gasteiger partial charge >= 0.3 is 6.18 Å². The van der Waals surface area contributed by atoms with Crippen LogP contribution >= 0.6 is 0 Å². The van der Waals surface area contributed by atoms with Gasteiger partial charge in [-0.05, 0) is 41.7 Å². The van der Waals surface area contributed by atoms with Crippen LogP contribution in [0.3, 0.4) is 0 Å². The van der Waals surface area contributed by atoms with E-state index in [2.05, 4.69) is 10.3 Å². The van der Waals surface area contributed by atoms with E-state index in [9.17, 15) is 27.5 Å². The van der Waals surface area contributed by atoms with Crippen LogP contribution in [0.25, 0.3) is 10.9 Å². The molecule has 32 heavy (non-hydrogen) atoms. The van der Waals surface area contributed by atoms with Crippen molar-refractivity contribution in [2.75, 3.05) is 12.4 Å². The molecule has 2 aromatic carbocycles. The van der Waals surface area contributed by atoms with Gasteiger partial charge in [0.15, 0.2) is 17.2 Å². The lowest BCUT2D eigenvalue weighted by molar-refractivity contribution is -0.275. The fraction of sp³-hybridized carbons (Fsp3) is 0.348. The van der Waals surface area contributed by atoms with Gasteiger partial charge in [-0.2, -0.15) is 13.2 Å². The van der Waals surface area contributed by atoms with Crippen molar-refractivity contribution in [2.24, 2.45) is 0 Å². The number of anilines is 1. The predicted octanol–water partition coefficient (Wildman–Crippen LogP) is 4.80. The minimum atomic E-state index is -4.99. The molecule has 1 aromatic heterocycles. The fourth-order valence-electron chi connectivity index (χ4n) is 4.76. The lowest BCUT2D eigenvalue weighted by atomic mass is 9.63. The number of halogens is 4. The molecule has 1 heterocycles. The minimum absolute atomic E-state index is 0.0840. The van der Waals surface area contributed by atoms with Crippen molar-refractivity contribution < 1.29 is 27.4 Å². The molecule has 0 radical (unpaired) electrons. The number of pyridine rings is 1. The van der Waals surface area contributed by atoms with E-state index in [-0.39, 0.29) is 28.1 Å². The third kappa shape index (κ3) is 3.31. The quantitative estimate of drug-likeness (QED) is 0.501. The summed E-state index contributed by atoms with van der Waals surface area (Å²) in [6, 6.07) is 8.12. The molecule has 5 nitrogen and oxygen atoms in total. The number of benzene rings is 2. The molecule has 0 amide bonds. The fourth-order valence-corrected chi connectivity index (χ4v) is 4.76. The van der Waals surface area contributed by atoms with Gasteiger partial charge in [0.2, 0.25) is 5.56 Å². The molecule has 0 aliphatic heterocycles. The number of aromatic nitrogens is 1. The summed E-state index contributed by atoms with van der Waals surface area (Å²) in [7, 11) is 1.25. The highest BCUT2D eigenvalue weighted by molar-refractivity contribution is 5.91. The average Bonchev–Trinajstić information content (AvgIpc) is 2.69. The number of hydrogen-bond donors (Lipinski definition) is 3. The van der Waals surface area contributed by atoms with E-state index in [1.807, 2.05) is 0 Å². The first kappa shape index (κ1) is 22.1. The summed E-state index contributed by atoms with van der Waals surface area (Å²) in [5, 5.41) is 14.4. The third-order valence-corrected chi connectivity index (χ3v) is 6.08. The van der Waals surface area contributed by atoms with Gasteiger partial charge in [-0.3, -0.25) is 4.79 Å². The standard InChI is InChI=1S/C23H22F4N2O3/c1-21(2)11-22(31,23(25,26)27)20(13-7-9-14(24)19(32-3)18(13)21)29-16-6-4-5-15-12(16)8-10-17(30)28-15/h4-10,20,29,31H,11H2,1-3H3,(H,28,30). The maximum atomic E-state index is 14.5. The monoisotopic (exact) mass is 450 g/mol. The molecule has 0 fully saturated rings. The average molecular weight is 450 g/mol. The van der Waals surface area contributed by atoms with Gasteiger partial charge in [0.25, 0.3) is 0 Å². The zero-order chi connectivity index (χ0) is 23.5. The molecule has 1 aliphatic carbocycles. The highest BCUT2D eigenvalue weighted by Crippen LogP contribution is 2.56. The second-order valence-electron chi connectivity index (χ2n) is 8.69. The first-order valence-electron chi connectivity index (χ1n) is 9.93. The highest BCUT2D eigenvalue weighted by atomic mass is 19.4.